The van der Waals surface area contributed by atoms with Crippen molar-refractivity contribution >= 4 is 17.2 Å². The molecule has 2 heterocycles. The van der Waals surface area contributed by atoms with Crippen molar-refractivity contribution in [3.05, 3.63) is 59.0 Å². The number of nitrogens with one attached hydrogen (secondary N) is 1. The first-order valence-electron chi connectivity index (χ1n) is 7.30. The van der Waals surface area contributed by atoms with E-state index in [9.17, 15) is 4.79 Å². The van der Waals surface area contributed by atoms with Crippen molar-refractivity contribution in [2.45, 2.75) is 27.2 Å². The Bertz CT molecular complexity index is 851. The van der Waals surface area contributed by atoms with Gasteiger partial charge in [-0.2, -0.15) is 5.10 Å². The number of hydrogen-bond acceptors (Lipinski definition) is 3. The summed E-state index contributed by atoms with van der Waals surface area (Å²) in [5.41, 5.74) is 5.07. The van der Waals surface area contributed by atoms with Crippen molar-refractivity contribution in [3.8, 4) is 0 Å². The predicted molar refractivity (Wildman–Crippen MR) is 86.2 cm³/mol. The molecule has 1 amide bonds. The van der Waals surface area contributed by atoms with E-state index in [-0.39, 0.29) is 5.91 Å². The van der Waals surface area contributed by atoms with Crippen LogP contribution in [0.4, 0.5) is 5.69 Å². The van der Waals surface area contributed by atoms with Crippen LogP contribution in [0.25, 0.3) is 5.65 Å². The van der Waals surface area contributed by atoms with Crippen molar-refractivity contribution in [2.24, 2.45) is 0 Å². The maximum absolute atomic E-state index is 12.5. The molecule has 3 rings (SSSR count). The molecule has 0 atom stereocenters. The van der Waals surface area contributed by atoms with Gasteiger partial charge in [-0.3, -0.25) is 4.79 Å². The fourth-order valence-corrected chi connectivity index (χ4v) is 2.49. The second kappa shape index (κ2) is 5.60. The van der Waals surface area contributed by atoms with E-state index in [2.05, 4.69) is 15.4 Å². The van der Waals surface area contributed by atoms with Gasteiger partial charge in [-0.05, 0) is 38.0 Å². The Morgan fingerprint density at radius 3 is 2.77 bits per heavy atom. The summed E-state index contributed by atoms with van der Waals surface area (Å²) in [5, 5.41) is 7.15. The lowest BCUT2D eigenvalue weighted by atomic mass is 10.1. The number of aromatic nitrogens is 3. The van der Waals surface area contributed by atoms with Crippen LogP contribution >= 0.6 is 0 Å². The highest BCUT2D eigenvalue weighted by molar-refractivity contribution is 6.03. The molecule has 22 heavy (non-hydrogen) atoms. The summed E-state index contributed by atoms with van der Waals surface area (Å²) in [5.74, 6) is -0.203. The third kappa shape index (κ3) is 2.57. The lowest BCUT2D eigenvalue weighted by Gasteiger charge is -2.10. The molecule has 1 N–H and O–H groups in total. The van der Waals surface area contributed by atoms with Crippen LogP contribution in [-0.2, 0) is 6.42 Å². The van der Waals surface area contributed by atoms with Crippen LogP contribution in [0.2, 0.25) is 0 Å². The van der Waals surface area contributed by atoms with Crippen LogP contribution in [0.5, 0.6) is 0 Å². The maximum atomic E-state index is 12.5. The third-order valence-electron chi connectivity index (χ3n) is 3.66. The van der Waals surface area contributed by atoms with Crippen molar-refractivity contribution in [2.75, 3.05) is 5.32 Å². The third-order valence-corrected chi connectivity index (χ3v) is 3.66. The largest absolute Gasteiger partial charge is 0.320 e. The van der Waals surface area contributed by atoms with E-state index in [1.807, 2.05) is 39.0 Å². The fraction of sp³-hybridized carbons (Fsp3) is 0.235. The first-order valence-corrected chi connectivity index (χ1v) is 7.30. The number of benzene rings is 1. The molecule has 0 saturated heterocycles. The van der Waals surface area contributed by atoms with Gasteiger partial charge in [0.05, 0.1) is 6.20 Å². The second-order valence-corrected chi connectivity index (χ2v) is 5.36. The average molecular weight is 294 g/mol. The van der Waals surface area contributed by atoms with E-state index in [1.165, 1.54) is 5.56 Å². The highest BCUT2D eigenvalue weighted by Crippen LogP contribution is 2.17. The van der Waals surface area contributed by atoms with Crippen LogP contribution < -0.4 is 5.32 Å². The molecule has 3 aromatic rings. The first kappa shape index (κ1) is 14.3. The van der Waals surface area contributed by atoms with Crippen LogP contribution in [-0.4, -0.2) is 20.5 Å². The quantitative estimate of drug-likeness (QED) is 0.807. The Kier molecular flexibility index (Phi) is 3.63. The molecule has 1 aromatic carbocycles. The zero-order valence-corrected chi connectivity index (χ0v) is 12.9. The zero-order chi connectivity index (χ0) is 15.7. The predicted octanol–water partition coefficient (Wildman–Crippen LogP) is 3.16. The molecule has 0 aliphatic carbocycles. The lowest BCUT2D eigenvalue weighted by molar-refractivity contribution is 0.102. The molecule has 112 valence electrons. The van der Waals surface area contributed by atoms with Gasteiger partial charge >= 0.3 is 0 Å². The van der Waals surface area contributed by atoms with Gasteiger partial charge in [0.15, 0.2) is 5.65 Å². The number of amides is 1. The van der Waals surface area contributed by atoms with E-state index in [0.717, 1.165) is 23.4 Å². The van der Waals surface area contributed by atoms with E-state index >= 15 is 0 Å². The summed E-state index contributed by atoms with van der Waals surface area (Å²) in [4.78, 5) is 16.9. The minimum absolute atomic E-state index is 0.203. The van der Waals surface area contributed by atoms with Crippen molar-refractivity contribution < 1.29 is 4.79 Å². The molecule has 0 radical (unpaired) electrons. The molecule has 0 aliphatic heterocycles. The van der Waals surface area contributed by atoms with Gasteiger partial charge in [0.25, 0.3) is 5.91 Å². The Morgan fingerprint density at radius 2 is 2.05 bits per heavy atom. The Hall–Kier alpha value is -2.69. The van der Waals surface area contributed by atoms with E-state index in [0.29, 0.717) is 11.3 Å². The first-order chi connectivity index (χ1) is 10.6. The molecule has 0 saturated carbocycles. The standard InChI is InChI=1S/C17H18N4O/c1-4-13-10-15(19-16-7-8-18-21(13)16)17(22)20-14-6-5-11(2)9-12(14)3/h5-10H,4H2,1-3H3,(H,20,22). The molecular weight excluding hydrogens is 276 g/mol. The van der Waals surface area contributed by atoms with Gasteiger partial charge in [-0.15, -0.1) is 0 Å². The summed E-state index contributed by atoms with van der Waals surface area (Å²) in [6.07, 6.45) is 2.47. The second-order valence-electron chi connectivity index (χ2n) is 5.36. The highest BCUT2D eigenvalue weighted by Gasteiger charge is 2.13. The molecule has 0 spiro atoms. The molecular formula is C17H18N4O. The van der Waals surface area contributed by atoms with E-state index < -0.39 is 0 Å². The highest BCUT2D eigenvalue weighted by atomic mass is 16.1. The van der Waals surface area contributed by atoms with E-state index in [1.54, 1.807) is 22.8 Å². The van der Waals surface area contributed by atoms with Crippen molar-refractivity contribution in [3.63, 3.8) is 0 Å². The number of anilines is 1. The maximum Gasteiger partial charge on any atom is 0.274 e. The number of carbonyl (C=O) groups is 1. The minimum atomic E-state index is -0.203. The average Bonchev–Trinajstić information content (AvgIpc) is 2.97. The van der Waals surface area contributed by atoms with Crippen LogP contribution in [0.1, 0.15) is 34.2 Å². The monoisotopic (exact) mass is 294 g/mol. The van der Waals surface area contributed by atoms with Crippen LogP contribution in [0, 0.1) is 13.8 Å². The molecule has 2 aromatic heterocycles. The molecule has 5 heteroatoms. The van der Waals surface area contributed by atoms with Gasteiger partial charge in [0, 0.05) is 17.4 Å². The number of aryl methyl sites for hydroxylation is 3. The van der Waals surface area contributed by atoms with Crippen LogP contribution in [0.3, 0.4) is 0 Å². The lowest BCUT2D eigenvalue weighted by Crippen LogP contribution is -2.16. The fourth-order valence-electron chi connectivity index (χ4n) is 2.49. The number of carbonyl (C=O) groups excluding carboxylic acids is 1. The molecule has 0 unspecified atom stereocenters. The van der Waals surface area contributed by atoms with Gasteiger partial charge in [-0.1, -0.05) is 24.6 Å². The molecule has 0 bridgehead atoms. The summed E-state index contributed by atoms with van der Waals surface area (Å²) in [6, 6.07) is 9.53. The zero-order valence-electron chi connectivity index (χ0n) is 12.9. The number of hydrogen-bond donors (Lipinski definition) is 1. The Balaban J connectivity index is 1.94. The topological polar surface area (TPSA) is 59.3 Å². The number of fused-ring (bicyclic) bond motifs is 1. The number of rotatable bonds is 3. The molecule has 0 aliphatic rings. The Morgan fingerprint density at radius 1 is 1.23 bits per heavy atom. The van der Waals surface area contributed by atoms with Gasteiger partial charge in [0.2, 0.25) is 0 Å². The summed E-state index contributed by atoms with van der Waals surface area (Å²) < 4.78 is 1.76. The normalized spacial score (nSPS) is 10.9. The summed E-state index contributed by atoms with van der Waals surface area (Å²) in [6.45, 7) is 6.04. The van der Waals surface area contributed by atoms with E-state index in [4.69, 9.17) is 0 Å². The van der Waals surface area contributed by atoms with Crippen LogP contribution in [0.15, 0.2) is 36.5 Å². The molecule has 5 nitrogen and oxygen atoms in total. The SMILES string of the molecule is CCc1cc(C(=O)Nc2ccc(C)cc2C)nc2ccnn12. The minimum Gasteiger partial charge on any atom is -0.320 e. The summed E-state index contributed by atoms with van der Waals surface area (Å²) in [7, 11) is 0. The van der Waals surface area contributed by atoms with Gasteiger partial charge < -0.3 is 5.32 Å². The van der Waals surface area contributed by atoms with Crippen molar-refractivity contribution in [1.29, 1.82) is 0 Å². The Labute approximate surface area is 129 Å². The number of nitrogens with zero attached hydrogens (tertiary/aromatic N) is 3. The van der Waals surface area contributed by atoms with Gasteiger partial charge in [-0.25, -0.2) is 9.50 Å². The molecule has 0 fully saturated rings. The summed E-state index contributed by atoms with van der Waals surface area (Å²) >= 11 is 0. The van der Waals surface area contributed by atoms with Gasteiger partial charge in [0.1, 0.15) is 5.69 Å². The van der Waals surface area contributed by atoms with Crippen molar-refractivity contribution in [1.82, 2.24) is 14.6 Å². The smallest absolute Gasteiger partial charge is 0.274 e.